The van der Waals surface area contributed by atoms with Crippen LogP contribution in [-0.2, 0) is 9.53 Å². The van der Waals surface area contributed by atoms with Crippen LogP contribution < -0.4 is 5.32 Å². The van der Waals surface area contributed by atoms with E-state index in [1.807, 2.05) is 13.8 Å². The quantitative estimate of drug-likeness (QED) is 0.582. The molecular formula is C21H42N4O2. The van der Waals surface area contributed by atoms with Crippen molar-refractivity contribution in [3.05, 3.63) is 0 Å². The maximum Gasteiger partial charge on any atom is 0.234 e. The third-order valence-corrected chi connectivity index (χ3v) is 6.09. The van der Waals surface area contributed by atoms with Gasteiger partial charge in [0, 0.05) is 45.3 Å². The smallest absolute Gasteiger partial charge is 0.234 e. The number of amides is 1. The van der Waals surface area contributed by atoms with Gasteiger partial charge in [-0.3, -0.25) is 14.6 Å². The molecule has 1 atom stereocenters. The topological polar surface area (TPSA) is 48.0 Å². The van der Waals surface area contributed by atoms with Gasteiger partial charge in [0.15, 0.2) is 0 Å². The fraction of sp³-hybridized carbons (Fsp3) is 0.952. The molecule has 0 aromatic carbocycles. The average Bonchev–Trinajstić information content (AvgIpc) is 2.66. The normalized spacial score (nSPS) is 22.3. The fourth-order valence-corrected chi connectivity index (χ4v) is 4.08. The van der Waals surface area contributed by atoms with E-state index in [0.717, 1.165) is 25.0 Å². The van der Waals surface area contributed by atoms with Gasteiger partial charge in [0.25, 0.3) is 0 Å². The molecule has 0 bridgehead atoms. The molecule has 0 spiro atoms. The number of hydrogen-bond acceptors (Lipinski definition) is 5. The molecule has 2 saturated heterocycles. The molecule has 2 aliphatic rings. The van der Waals surface area contributed by atoms with Crippen LogP contribution in [0.1, 0.15) is 47.0 Å². The minimum absolute atomic E-state index is 0.127. The molecule has 0 aromatic heterocycles. The summed E-state index contributed by atoms with van der Waals surface area (Å²) >= 11 is 0. The number of carbonyl (C=O) groups excluding carboxylic acids is 1. The van der Waals surface area contributed by atoms with E-state index in [1.165, 1.54) is 52.0 Å². The summed E-state index contributed by atoms with van der Waals surface area (Å²) in [5.74, 6) is 0.917. The van der Waals surface area contributed by atoms with Gasteiger partial charge in [-0.25, -0.2) is 0 Å². The average molecular weight is 383 g/mol. The third-order valence-electron chi connectivity index (χ3n) is 6.09. The Morgan fingerprint density at radius 2 is 1.70 bits per heavy atom. The van der Waals surface area contributed by atoms with Crippen molar-refractivity contribution in [2.45, 2.75) is 59.1 Å². The molecule has 2 fully saturated rings. The Balaban J connectivity index is 1.56. The van der Waals surface area contributed by atoms with E-state index in [2.05, 4.69) is 33.9 Å². The molecule has 2 heterocycles. The van der Waals surface area contributed by atoms with Crippen LogP contribution >= 0.6 is 0 Å². The molecule has 1 amide bonds. The lowest BCUT2D eigenvalue weighted by Crippen LogP contribution is -2.51. The summed E-state index contributed by atoms with van der Waals surface area (Å²) in [5.41, 5.74) is 0. The first-order valence-electron chi connectivity index (χ1n) is 11.0. The molecule has 0 aromatic rings. The van der Waals surface area contributed by atoms with Gasteiger partial charge >= 0.3 is 0 Å². The minimum Gasteiger partial charge on any atom is -0.377 e. The van der Waals surface area contributed by atoms with Crippen LogP contribution in [-0.4, -0.2) is 98.3 Å². The van der Waals surface area contributed by atoms with Gasteiger partial charge in [0.05, 0.1) is 19.3 Å². The second-order valence-electron chi connectivity index (χ2n) is 8.58. The monoisotopic (exact) mass is 382 g/mol. The number of nitrogens with one attached hydrogen (secondary N) is 1. The molecule has 2 aliphatic heterocycles. The van der Waals surface area contributed by atoms with Gasteiger partial charge < -0.3 is 15.0 Å². The van der Waals surface area contributed by atoms with Gasteiger partial charge in [0.1, 0.15) is 0 Å². The van der Waals surface area contributed by atoms with Crippen molar-refractivity contribution < 1.29 is 9.53 Å². The van der Waals surface area contributed by atoms with Crippen LogP contribution in [0.5, 0.6) is 0 Å². The Morgan fingerprint density at radius 1 is 1.04 bits per heavy atom. The van der Waals surface area contributed by atoms with E-state index in [0.29, 0.717) is 19.7 Å². The predicted octanol–water partition coefficient (Wildman–Crippen LogP) is 1.66. The summed E-state index contributed by atoms with van der Waals surface area (Å²) in [6.45, 7) is 18.6. The van der Waals surface area contributed by atoms with Crippen LogP contribution in [0.15, 0.2) is 0 Å². The van der Waals surface area contributed by atoms with Crippen LogP contribution in [0.25, 0.3) is 0 Å². The summed E-state index contributed by atoms with van der Waals surface area (Å²) in [4.78, 5) is 19.6. The van der Waals surface area contributed by atoms with E-state index in [4.69, 9.17) is 4.74 Å². The Hall–Kier alpha value is -0.690. The molecule has 1 N–H and O–H groups in total. The van der Waals surface area contributed by atoms with Crippen molar-refractivity contribution in [3.63, 3.8) is 0 Å². The van der Waals surface area contributed by atoms with Gasteiger partial charge in [-0.1, -0.05) is 6.92 Å². The van der Waals surface area contributed by atoms with E-state index < -0.39 is 0 Å². The van der Waals surface area contributed by atoms with Gasteiger partial charge in [-0.15, -0.1) is 0 Å². The summed E-state index contributed by atoms with van der Waals surface area (Å²) in [7, 11) is 0. The number of likely N-dealkylation sites (tertiary alicyclic amines) is 1. The van der Waals surface area contributed by atoms with E-state index in [1.54, 1.807) is 0 Å². The van der Waals surface area contributed by atoms with Crippen LogP contribution in [0.2, 0.25) is 0 Å². The summed E-state index contributed by atoms with van der Waals surface area (Å²) in [5, 5.41) is 2.96. The Kier molecular flexibility index (Phi) is 10.0. The summed E-state index contributed by atoms with van der Waals surface area (Å²) < 4.78 is 5.46. The zero-order chi connectivity index (χ0) is 19.6. The minimum atomic E-state index is 0.127. The first-order chi connectivity index (χ1) is 13.0. The van der Waals surface area contributed by atoms with E-state index >= 15 is 0 Å². The number of piperazine rings is 1. The first-order valence-corrected chi connectivity index (χ1v) is 11.0. The highest BCUT2D eigenvalue weighted by Gasteiger charge is 2.25. The highest BCUT2D eigenvalue weighted by atomic mass is 16.5. The van der Waals surface area contributed by atoms with Crippen molar-refractivity contribution in [2.24, 2.45) is 5.92 Å². The number of ether oxygens (including phenoxy) is 1. The highest BCUT2D eigenvalue weighted by molar-refractivity contribution is 5.77. The van der Waals surface area contributed by atoms with Crippen LogP contribution in [0, 0.1) is 5.92 Å². The second kappa shape index (κ2) is 12.0. The molecule has 158 valence electrons. The Bertz CT molecular complexity index is 416. The molecule has 1 unspecified atom stereocenters. The number of rotatable bonds is 10. The Morgan fingerprint density at radius 3 is 2.30 bits per heavy atom. The second-order valence-corrected chi connectivity index (χ2v) is 8.58. The molecule has 6 heteroatoms. The molecule has 27 heavy (non-hydrogen) atoms. The molecule has 0 aliphatic carbocycles. The van der Waals surface area contributed by atoms with Crippen molar-refractivity contribution in [3.8, 4) is 0 Å². The molecular weight excluding hydrogens is 340 g/mol. The lowest BCUT2D eigenvalue weighted by atomic mass is 9.96. The number of hydrogen-bond donors (Lipinski definition) is 1. The van der Waals surface area contributed by atoms with Crippen molar-refractivity contribution in [1.82, 2.24) is 20.0 Å². The standard InChI is InChI=1S/C21H42N4O2/c1-5-19(4)25-13-11-24(12-14-25)16-20-6-9-23(10-7-20)17-21(26)22-8-15-27-18(2)3/h18-20H,5-17H2,1-4H3,(H,22,26). The summed E-state index contributed by atoms with van der Waals surface area (Å²) in [6, 6.07) is 0.721. The zero-order valence-corrected chi connectivity index (χ0v) is 18.1. The van der Waals surface area contributed by atoms with Crippen molar-refractivity contribution in [2.75, 3.05) is 65.5 Å². The largest absolute Gasteiger partial charge is 0.377 e. The predicted molar refractivity (Wildman–Crippen MR) is 111 cm³/mol. The molecule has 6 nitrogen and oxygen atoms in total. The third kappa shape index (κ3) is 8.46. The maximum absolute atomic E-state index is 12.0. The Labute approximate surface area is 166 Å². The van der Waals surface area contributed by atoms with E-state index in [-0.39, 0.29) is 12.0 Å². The number of carbonyl (C=O) groups is 1. The van der Waals surface area contributed by atoms with Crippen LogP contribution in [0.4, 0.5) is 0 Å². The SMILES string of the molecule is CCC(C)N1CCN(CC2CCN(CC(=O)NCCOC(C)C)CC2)CC1. The number of piperidine rings is 1. The van der Waals surface area contributed by atoms with Gasteiger partial charge in [-0.2, -0.15) is 0 Å². The summed E-state index contributed by atoms with van der Waals surface area (Å²) in [6.07, 6.45) is 3.90. The van der Waals surface area contributed by atoms with Gasteiger partial charge in [0.2, 0.25) is 5.91 Å². The van der Waals surface area contributed by atoms with Crippen molar-refractivity contribution >= 4 is 5.91 Å². The molecule has 0 radical (unpaired) electrons. The highest BCUT2D eigenvalue weighted by Crippen LogP contribution is 2.19. The lowest BCUT2D eigenvalue weighted by molar-refractivity contribution is -0.122. The van der Waals surface area contributed by atoms with E-state index in [9.17, 15) is 4.79 Å². The fourth-order valence-electron chi connectivity index (χ4n) is 4.08. The maximum atomic E-state index is 12.0. The molecule has 2 rings (SSSR count). The van der Waals surface area contributed by atoms with Crippen LogP contribution in [0.3, 0.4) is 0 Å². The number of nitrogens with zero attached hydrogens (tertiary/aromatic N) is 3. The zero-order valence-electron chi connectivity index (χ0n) is 18.1. The first kappa shape index (κ1) is 22.6. The lowest BCUT2D eigenvalue weighted by Gasteiger charge is -2.40. The van der Waals surface area contributed by atoms with Crippen molar-refractivity contribution in [1.29, 1.82) is 0 Å². The molecule has 0 saturated carbocycles. The van der Waals surface area contributed by atoms with Gasteiger partial charge in [-0.05, 0) is 59.0 Å².